The Morgan fingerprint density at radius 2 is 2.05 bits per heavy atom. The molecule has 2 aliphatic carbocycles. The maximum atomic E-state index is 11.9. The first kappa shape index (κ1) is 15.5. The molecular weight excluding hydrogens is 274 g/mol. The van der Waals surface area contributed by atoms with Crippen LogP contribution in [0.5, 0.6) is 0 Å². The van der Waals surface area contributed by atoms with Gasteiger partial charge in [-0.3, -0.25) is 9.52 Å². The molecule has 2 fully saturated rings. The largest absolute Gasteiger partial charge is 0.274 e. The number of rotatable bonds is 8. The van der Waals surface area contributed by atoms with Gasteiger partial charge in [-0.15, -0.1) is 0 Å². The Hall–Kier alpha value is -0.840. The Labute approximate surface area is 122 Å². The average Bonchev–Trinajstić information content (AvgIpc) is 3.25. The van der Waals surface area contributed by atoms with Gasteiger partial charge < -0.3 is 0 Å². The summed E-state index contributed by atoms with van der Waals surface area (Å²) in [4.78, 5) is 11.9. The number of hydrogen-bond donors (Lipinski definition) is 1. The highest BCUT2D eigenvalue weighted by Crippen LogP contribution is 2.44. The zero-order chi connectivity index (χ0) is 14.8. The minimum Gasteiger partial charge on any atom is -0.274 e. The van der Waals surface area contributed by atoms with Crippen LogP contribution in [0.25, 0.3) is 0 Å². The maximum Gasteiger partial charge on any atom is 0.240 e. The first-order chi connectivity index (χ1) is 9.39. The zero-order valence-electron chi connectivity index (χ0n) is 12.4. The van der Waals surface area contributed by atoms with Gasteiger partial charge in [-0.1, -0.05) is 31.9 Å². The van der Waals surface area contributed by atoms with Gasteiger partial charge in [0.15, 0.2) is 0 Å². The van der Waals surface area contributed by atoms with E-state index in [9.17, 15) is 13.2 Å². The van der Waals surface area contributed by atoms with Crippen LogP contribution in [0.2, 0.25) is 0 Å². The van der Waals surface area contributed by atoms with Crippen LogP contribution in [-0.2, 0) is 14.8 Å². The molecule has 2 rings (SSSR count). The molecule has 0 radical (unpaired) electrons. The molecule has 1 unspecified atom stereocenters. The molecule has 1 amide bonds. The second kappa shape index (κ2) is 5.88. The summed E-state index contributed by atoms with van der Waals surface area (Å²) >= 11 is 0. The molecule has 0 bridgehead atoms. The number of carbonyl (C=O) groups excluding carboxylic acids is 1. The van der Waals surface area contributed by atoms with Gasteiger partial charge in [-0.2, -0.15) is 0 Å². The Balaban J connectivity index is 1.73. The molecule has 2 aliphatic rings. The van der Waals surface area contributed by atoms with Crippen LogP contribution in [0.4, 0.5) is 0 Å². The Morgan fingerprint density at radius 1 is 1.35 bits per heavy atom. The van der Waals surface area contributed by atoms with Gasteiger partial charge in [0.1, 0.15) is 0 Å². The van der Waals surface area contributed by atoms with Crippen molar-refractivity contribution in [1.29, 1.82) is 0 Å². The molecular formula is C15H25NO3S. The summed E-state index contributed by atoms with van der Waals surface area (Å²) in [6, 6.07) is 0. The number of hydrogen-bond acceptors (Lipinski definition) is 3. The predicted octanol–water partition coefficient (Wildman–Crippen LogP) is 2.76. The molecule has 20 heavy (non-hydrogen) atoms. The van der Waals surface area contributed by atoms with E-state index in [-0.39, 0.29) is 17.7 Å². The number of carbonyl (C=O) groups is 1. The normalized spacial score (nSPS) is 27.5. The minimum absolute atomic E-state index is 0.144. The molecule has 0 saturated heterocycles. The van der Waals surface area contributed by atoms with Crippen molar-refractivity contribution >= 4 is 15.9 Å². The Bertz CT molecular complexity index is 491. The van der Waals surface area contributed by atoms with Crippen molar-refractivity contribution in [2.75, 3.05) is 0 Å². The van der Waals surface area contributed by atoms with E-state index in [0.717, 1.165) is 12.8 Å². The lowest BCUT2D eigenvalue weighted by molar-refractivity contribution is -0.120. The SMILES string of the molecule is CCCCC/C=C\C1C[C@@H]1C(=O)NS(=O)(=O)C1(C)CC1. The second-order valence-electron chi connectivity index (χ2n) is 6.35. The highest BCUT2D eigenvalue weighted by molar-refractivity contribution is 7.91. The summed E-state index contributed by atoms with van der Waals surface area (Å²) in [6.45, 7) is 3.87. The number of amides is 1. The van der Waals surface area contributed by atoms with Crippen LogP contribution in [0.15, 0.2) is 12.2 Å². The van der Waals surface area contributed by atoms with E-state index in [1.165, 1.54) is 19.3 Å². The molecule has 0 spiro atoms. The van der Waals surface area contributed by atoms with Crippen LogP contribution < -0.4 is 4.72 Å². The van der Waals surface area contributed by atoms with Crippen molar-refractivity contribution in [3.05, 3.63) is 12.2 Å². The topological polar surface area (TPSA) is 63.2 Å². The average molecular weight is 299 g/mol. The van der Waals surface area contributed by atoms with Gasteiger partial charge in [0.2, 0.25) is 15.9 Å². The molecule has 0 aromatic carbocycles. The van der Waals surface area contributed by atoms with Gasteiger partial charge in [0.05, 0.1) is 4.75 Å². The number of unbranched alkanes of at least 4 members (excludes halogenated alkanes) is 3. The lowest BCUT2D eigenvalue weighted by Gasteiger charge is -2.11. The van der Waals surface area contributed by atoms with E-state index in [1.54, 1.807) is 6.92 Å². The van der Waals surface area contributed by atoms with Crippen LogP contribution in [0.1, 0.15) is 58.8 Å². The summed E-state index contributed by atoms with van der Waals surface area (Å²) in [5, 5.41) is 0. The fourth-order valence-corrected chi connectivity index (χ4v) is 3.59. The third kappa shape index (κ3) is 3.62. The molecule has 5 heteroatoms. The van der Waals surface area contributed by atoms with Crippen molar-refractivity contribution in [2.24, 2.45) is 11.8 Å². The number of allylic oxidation sites excluding steroid dienone is 2. The second-order valence-corrected chi connectivity index (χ2v) is 8.55. The third-order valence-electron chi connectivity index (χ3n) is 4.37. The first-order valence-electron chi connectivity index (χ1n) is 7.62. The predicted molar refractivity (Wildman–Crippen MR) is 79.6 cm³/mol. The van der Waals surface area contributed by atoms with Crippen LogP contribution >= 0.6 is 0 Å². The number of nitrogens with one attached hydrogen (secondary N) is 1. The van der Waals surface area contributed by atoms with Crippen molar-refractivity contribution < 1.29 is 13.2 Å². The fourth-order valence-electron chi connectivity index (χ4n) is 2.29. The lowest BCUT2D eigenvalue weighted by Crippen LogP contribution is -2.39. The van der Waals surface area contributed by atoms with Gasteiger partial charge in [-0.25, -0.2) is 8.42 Å². The third-order valence-corrected chi connectivity index (χ3v) is 6.55. The van der Waals surface area contributed by atoms with Gasteiger partial charge in [0.25, 0.3) is 0 Å². The maximum absolute atomic E-state index is 11.9. The summed E-state index contributed by atoms with van der Waals surface area (Å²) in [6.07, 6.45) is 11.0. The van der Waals surface area contributed by atoms with Crippen molar-refractivity contribution in [1.82, 2.24) is 4.72 Å². The van der Waals surface area contributed by atoms with Crippen LogP contribution in [0.3, 0.4) is 0 Å². The van der Waals surface area contributed by atoms with Crippen molar-refractivity contribution in [3.8, 4) is 0 Å². The van der Waals surface area contributed by atoms with Crippen LogP contribution in [0, 0.1) is 11.8 Å². The molecule has 4 nitrogen and oxygen atoms in total. The van der Waals surface area contributed by atoms with Gasteiger partial charge >= 0.3 is 0 Å². The minimum atomic E-state index is -3.47. The molecule has 0 aliphatic heterocycles. The molecule has 0 aromatic heterocycles. The highest BCUT2D eigenvalue weighted by Gasteiger charge is 2.52. The molecule has 1 N–H and O–H groups in total. The summed E-state index contributed by atoms with van der Waals surface area (Å²) in [7, 11) is -3.47. The van der Waals surface area contributed by atoms with E-state index >= 15 is 0 Å². The summed E-state index contributed by atoms with van der Waals surface area (Å²) in [5.41, 5.74) is 0. The highest BCUT2D eigenvalue weighted by atomic mass is 32.2. The molecule has 2 saturated carbocycles. The fraction of sp³-hybridized carbons (Fsp3) is 0.800. The van der Waals surface area contributed by atoms with Gasteiger partial charge in [-0.05, 0) is 44.9 Å². The molecule has 114 valence electrons. The standard InChI is InChI=1S/C15H25NO3S/c1-3-4-5-6-7-8-12-11-13(12)14(17)16-20(18,19)15(2)9-10-15/h7-8,12-13H,3-6,9-11H2,1-2H3,(H,16,17)/b8-7-/t12?,13-/m0/s1. The van der Waals surface area contributed by atoms with Crippen molar-refractivity contribution in [2.45, 2.75) is 63.5 Å². The van der Waals surface area contributed by atoms with Gasteiger partial charge in [0, 0.05) is 5.92 Å². The smallest absolute Gasteiger partial charge is 0.240 e. The van der Waals surface area contributed by atoms with E-state index < -0.39 is 14.8 Å². The summed E-state index contributed by atoms with van der Waals surface area (Å²) < 4.78 is 25.4. The molecule has 0 heterocycles. The Morgan fingerprint density at radius 3 is 2.65 bits per heavy atom. The molecule has 2 atom stereocenters. The molecule has 0 aromatic rings. The van der Waals surface area contributed by atoms with E-state index in [1.807, 2.05) is 0 Å². The lowest BCUT2D eigenvalue weighted by atomic mass is 10.2. The van der Waals surface area contributed by atoms with Crippen molar-refractivity contribution in [3.63, 3.8) is 0 Å². The van der Waals surface area contributed by atoms with E-state index in [2.05, 4.69) is 23.8 Å². The zero-order valence-corrected chi connectivity index (χ0v) is 13.2. The number of sulfonamides is 1. The van der Waals surface area contributed by atoms with Crippen LogP contribution in [-0.4, -0.2) is 19.1 Å². The monoisotopic (exact) mass is 299 g/mol. The van der Waals surface area contributed by atoms with E-state index in [0.29, 0.717) is 12.8 Å². The Kier molecular flexibility index (Phi) is 4.57. The van der Waals surface area contributed by atoms with E-state index in [4.69, 9.17) is 0 Å². The quantitative estimate of drug-likeness (QED) is 0.553. The first-order valence-corrected chi connectivity index (χ1v) is 9.11. The summed E-state index contributed by atoms with van der Waals surface area (Å²) in [5.74, 6) is -0.227.